The maximum atomic E-state index is 5.45. The quantitative estimate of drug-likeness (QED) is 0.260. The zero-order chi connectivity index (χ0) is 16.1. The molecule has 0 heterocycles. The largest absolute Gasteiger partial charge is 0.497 e. The van der Waals surface area contributed by atoms with Crippen LogP contribution in [0.25, 0.3) is 43.1 Å². The molecule has 0 aliphatic rings. The number of hydrogen-bond donors (Lipinski definition) is 0. The second-order valence-electron chi connectivity index (χ2n) is 6.20. The van der Waals surface area contributed by atoms with Crippen molar-refractivity contribution in [2.75, 3.05) is 7.11 Å². The van der Waals surface area contributed by atoms with Crippen molar-refractivity contribution in [1.82, 2.24) is 0 Å². The molecule has 0 aliphatic heterocycles. The lowest BCUT2D eigenvalue weighted by molar-refractivity contribution is 0.415. The predicted molar refractivity (Wildman–Crippen MR) is 103 cm³/mol. The lowest BCUT2D eigenvalue weighted by Gasteiger charge is -2.12. The maximum Gasteiger partial charge on any atom is 0.119 e. The Labute approximate surface area is 140 Å². The van der Waals surface area contributed by atoms with Crippen molar-refractivity contribution in [2.24, 2.45) is 0 Å². The van der Waals surface area contributed by atoms with Gasteiger partial charge in [-0.25, -0.2) is 0 Å². The molecule has 1 nitrogen and oxygen atoms in total. The van der Waals surface area contributed by atoms with Crippen LogP contribution in [0.5, 0.6) is 5.75 Å². The zero-order valence-electron chi connectivity index (χ0n) is 13.4. The van der Waals surface area contributed by atoms with E-state index in [1.165, 1.54) is 43.1 Å². The molecule has 0 saturated heterocycles. The van der Waals surface area contributed by atoms with Crippen LogP contribution in [0.1, 0.15) is 0 Å². The molecule has 1 heteroatoms. The Morgan fingerprint density at radius 1 is 0.500 bits per heavy atom. The molecule has 0 N–H and O–H groups in total. The van der Waals surface area contributed by atoms with Gasteiger partial charge in [0, 0.05) is 0 Å². The molecule has 5 aromatic carbocycles. The first-order chi connectivity index (χ1) is 11.8. The average Bonchev–Trinajstić information content (AvgIpc) is 2.66. The number of rotatable bonds is 1. The van der Waals surface area contributed by atoms with E-state index in [1.54, 1.807) is 7.11 Å². The molecule has 0 amide bonds. The van der Waals surface area contributed by atoms with Crippen LogP contribution < -0.4 is 4.74 Å². The maximum absolute atomic E-state index is 5.45. The van der Waals surface area contributed by atoms with Crippen molar-refractivity contribution in [1.29, 1.82) is 0 Å². The monoisotopic (exact) mass is 308 g/mol. The first kappa shape index (κ1) is 13.4. The summed E-state index contributed by atoms with van der Waals surface area (Å²) in [6.45, 7) is 0. The summed E-state index contributed by atoms with van der Waals surface area (Å²) in [5.74, 6) is 0.896. The SMILES string of the molecule is COc1ccc2c(c1)c1ccccc1c1cc3ccccc3cc21. The Kier molecular flexibility index (Phi) is 2.77. The van der Waals surface area contributed by atoms with Crippen LogP contribution in [0.15, 0.2) is 78.9 Å². The third kappa shape index (κ3) is 1.82. The van der Waals surface area contributed by atoms with Crippen molar-refractivity contribution < 1.29 is 4.74 Å². The van der Waals surface area contributed by atoms with Gasteiger partial charge in [-0.3, -0.25) is 0 Å². The van der Waals surface area contributed by atoms with Crippen molar-refractivity contribution >= 4 is 43.1 Å². The molecule has 0 aliphatic carbocycles. The van der Waals surface area contributed by atoms with Crippen LogP contribution in [0, 0.1) is 0 Å². The molecule has 114 valence electrons. The Morgan fingerprint density at radius 3 is 1.58 bits per heavy atom. The van der Waals surface area contributed by atoms with E-state index in [1.807, 2.05) is 6.07 Å². The highest BCUT2D eigenvalue weighted by atomic mass is 16.5. The molecule has 0 aromatic heterocycles. The number of fused-ring (bicyclic) bond motifs is 7. The van der Waals surface area contributed by atoms with Gasteiger partial charge in [0.25, 0.3) is 0 Å². The molecule has 5 aromatic rings. The normalized spacial score (nSPS) is 11.5. The van der Waals surface area contributed by atoms with E-state index >= 15 is 0 Å². The van der Waals surface area contributed by atoms with Crippen molar-refractivity contribution in [3.8, 4) is 5.75 Å². The molecule has 0 spiro atoms. The minimum absolute atomic E-state index is 0.896. The van der Waals surface area contributed by atoms with E-state index in [0.29, 0.717) is 0 Å². The second-order valence-corrected chi connectivity index (χ2v) is 6.20. The topological polar surface area (TPSA) is 9.23 Å². The van der Waals surface area contributed by atoms with Gasteiger partial charge in [-0.05, 0) is 67.4 Å². The fourth-order valence-electron chi connectivity index (χ4n) is 3.75. The van der Waals surface area contributed by atoms with Gasteiger partial charge in [-0.2, -0.15) is 0 Å². The smallest absolute Gasteiger partial charge is 0.119 e. The highest BCUT2D eigenvalue weighted by Crippen LogP contribution is 2.38. The molecule has 0 fully saturated rings. The van der Waals surface area contributed by atoms with Gasteiger partial charge in [-0.1, -0.05) is 54.6 Å². The lowest BCUT2D eigenvalue weighted by atomic mass is 9.92. The summed E-state index contributed by atoms with van der Waals surface area (Å²) in [6, 6.07) is 28.2. The summed E-state index contributed by atoms with van der Waals surface area (Å²) >= 11 is 0. The Balaban J connectivity index is 2.10. The molecule has 0 radical (unpaired) electrons. The Bertz CT molecular complexity index is 1230. The van der Waals surface area contributed by atoms with Gasteiger partial charge >= 0.3 is 0 Å². The van der Waals surface area contributed by atoms with Gasteiger partial charge in [0.15, 0.2) is 0 Å². The van der Waals surface area contributed by atoms with Crippen LogP contribution >= 0.6 is 0 Å². The summed E-state index contributed by atoms with van der Waals surface area (Å²) in [5, 5.41) is 10.2. The van der Waals surface area contributed by atoms with E-state index in [0.717, 1.165) is 5.75 Å². The van der Waals surface area contributed by atoms with E-state index in [-0.39, 0.29) is 0 Å². The summed E-state index contributed by atoms with van der Waals surface area (Å²) in [5.41, 5.74) is 0. The van der Waals surface area contributed by atoms with Crippen LogP contribution in [0.3, 0.4) is 0 Å². The molecule has 24 heavy (non-hydrogen) atoms. The van der Waals surface area contributed by atoms with Crippen molar-refractivity contribution in [3.05, 3.63) is 78.9 Å². The number of hydrogen-bond acceptors (Lipinski definition) is 1. The Hall–Kier alpha value is -3.06. The second kappa shape index (κ2) is 4.97. The van der Waals surface area contributed by atoms with Gasteiger partial charge < -0.3 is 4.74 Å². The molecule has 0 atom stereocenters. The van der Waals surface area contributed by atoms with Crippen LogP contribution in [0.4, 0.5) is 0 Å². The van der Waals surface area contributed by atoms with Gasteiger partial charge in [0.2, 0.25) is 0 Å². The van der Waals surface area contributed by atoms with Crippen LogP contribution in [-0.2, 0) is 0 Å². The first-order valence-corrected chi connectivity index (χ1v) is 8.16. The average molecular weight is 308 g/mol. The fraction of sp³-hybridized carbons (Fsp3) is 0.0435. The summed E-state index contributed by atoms with van der Waals surface area (Å²) in [4.78, 5) is 0. The number of ether oxygens (including phenoxy) is 1. The summed E-state index contributed by atoms with van der Waals surface area (Å²) < 4.78 is 5.45. The minimum atomic E-state index is 0.896. The highest BCUT2D eigenvalue weighted by Gasteiger charge is 2.10. The molecular weight excluding hydrogens is 292 g/mol. The summed E-state index contributed by atoms with van der Waals surface area (Å²) in [7, 11) is 1.72. The molecule has 5 rings (SSSR count). The highest BCUT2D eigenvalue weighted by molar-refractivity contribution is 6.27. The minimum Gasteiger partial charge on any atom is -0.497 e. The van der Waals surface area contributed by atoms with Crippen LogP contribution in [0.2, 0.25) is 0 Å². The standard InChI is InChI=1S/C23H16O/c1-24-17-10-11-20-22-13-16-7-3-2-6-15(16)12-21(22)18-8-4-5-9-19(18)23(20)14-17/h2-14H,1H3. The third-order valence-corrected chi connectivity index (χ3v) is 4.91. The van der Waals surface area contributed by atoms with Gasteiger partial charge in [-0.15, -0.1) is 0 Å². The van der Waals surface area contributed by atoms with Crippen LogP contribution in [-0.4, -0.2) is 7.11 Å². The lowest BCUT2D eigenvalue weighted by Crippen LogP contribution is -1.86. The fourth-order valence-corrected chi connectivity index (χ4v) is 3.75. The molecular formula is C23H16O. The molecule has 0 unspecified atom stereocenters. The van der Waals surface area contributed by atoms with E-state index in [2.05, 4.69) is 72.8 Å². The predicted octanol–water partition coefficient (Wildman–Crippen LogP) is 6.31. The van der Waals surface area contributed by atoms with Crippen molar-refractivity contribution in [2.45, 2.75) is 0 Å². The van der Waals surface area contributed by atoms with Gasteiger partial charge in [0.05, 0.1) is 7.11 Å². The molecule has 0 saturated carbocycles. The number of methoxy groups -OCH3 is 1. The van der Waals surface area contributed by atoms with Gasteiger partial charge in [0.1, 0.15) is 5.75 Å². The third-order valence-electron chi connectivity index (χ3n) is 4.91. The molecule has 0 bridgehead atoms. The summed E-state index contributed by atoms with van der Waals surface area (Å²) in [6.07, 6.45) is 0. The first-order valence-electron chi connectivity index (χ1n) is 8.16. The number of benzene rings is 5. The van der Waals surface area contributed by atoms with E-state index in [9.17, 15) is 0 Å². The zero-order valence-corrected chi connectivity index (χ0v) is 13.4. The van der Waals surface area contributed by atoms with Crippen molar-refractivity contribution in [3.63, 3.8) is 0 Å². The Morgan fingerprint density at radius 2 is 1.00 bits per heavy atom. The van der Waals surface area contributed by atoms with E-state index in [4.69, 9.17) is 4.74 Å². The van der Waals surface area contributed by atoms with E-state index < -0.39 is 0 Å².